The number of nitrogens with zero attached hydrogens (tertiary/aromatic N) is 7. The molecule has 202 valence electrons. The summed E-state index contributed by atoms with van der Waals surface area (Å²) in [6, 6.07) is 22.4. The van der Waals surface area contributed by atoms with Crippen LogP contribution in [0.1, 0.15) is 0 Å². The number of hydrogen-bond acceptors (Lipinski definition) is 7. The smallest absolute Gasteiger partial charge is 0.270 e. The van der Waals surface area contributed by atoms with E-state index in [1.54, 1.807) is 36.9 Å². The fraction of sp³-hybridized carbons (Fsp3) is 0. The summed E-state index contributed by atoms with van der Waals surface area (Å²) in [7, 11) is 0. The molecule has 0 aliphatic rings. The first-order chi connectivity index (χ1) is 20.5. The van der Waals surface area contributed by atoms with Gasteiger partial charge in [0.2, 0.25) is 0 Å². The minimum Gasteiger partial charge on any atom is -0.399 e. The average Bonchev–Trinajstić information content (AvgIpc) is 3.65. The minimum atomic E-state index is -0.394. The van der Waals surface area contributed by atoms with Crippen LogP contribution in [0.2, 0.25) is 0 Å². The second-order valence-corrected chi connectivity index (χ2v) is 9.72. The molecule has 0 saturated heterocycles. The van der Waals surface area contributed by atoms with Gasteiger partial charge in [-0.05, 0) is 65.4 Å². The average molecular weight is 551 g/mol. The highest BCUT2D eigenvalue weighted by Gasteiger charge is 2.09. The number of fused-ring (bicyclic) bond motifs is 4. The van der Waals surface area contributed by atoms with Gasteiger partial charge in [0, 0.05) is 76.5 Å². The van der Waals surface area contributed by atoms with E-state index >= 15 is 0 Å². The number of rotatable bonds is 3. The summed E-state index contributed by atoms with van der Waals surface area (Å²) in [5, 5.41) is 16.9. The van der Waals surface area contributed by atoms with Crippen molar-refractivity contribution in [1.29, 1.82) is 0 Å². The maximum Gasteiger partial charge on any atom is 0.270 e. The molecule has 8 aromatic rings. The fourth-order valence-electron chi connectivity index (χ4n) is 4.99. The lowest BCUT2D eigenvalue weighted by Gasteiger charge is -2.06. The molecular formula is C32H22N8O2. The first-order valence-corrected chi connectivity index (χ1v) is 13.1. The Bertz CT molecular complexity index is 2270. The van der Waals surface area contributed by atoms with Gasteiger partial charge in [-0.3, -0.25) is 29.2 Å². The Labute approximate surface area is 238 Å². The summed E-state index contributed by atoms with van der Waals surface area (Å²) < 4.78 is 3.95. The first kappa shape index (κ1) is 24.9. The van der Waals surface area contributed by atoms with Crippen LogP contribution in [0.3, 0.4) is 0 Å². The summed E-state index contributed by atoms with van der Waals surface area (Å²) in [6.45, 7) is 0. The van der Waals surface area contributed by atoms with Crippen molar-refractivity contribution in [2.24, 2.45) is 0 Å². The summed E-state index contributed by atoms with van der Waals surface area (Å²) in [5.41, 5.74) is 8.67. The van der Waals surface area contributed by atoms with E-state index in [1.165, 1.54) is 6.07 Å². The molecule has 6 aromatic heterocycles. The molecule has 10 heteroatoms. The van der Waals surface area contributed by atoms with E-state index in [0.29, 0.717) is 5.82 Å². The zero-order valence-corrected chi connectivity index (χ0v) is 22.1. The topological polar surface area (TPSA) is 131 Å². The van der Waals surface area contributed by atoms with Crippen molar-refractivity contribution in [3.63, 3.8) is 0 Å². The Morgan fingerprint density at radius 3 is 1.71 bits per heavy atom. The summed E-state index contributed by atoms with van der Waals surface area (Å²) in [6.07, 6.45) is 14.7. The molecule has 0 amide bonds. The lowest BCUT2D eigenvalue weighted by molar-refractivity contribution is -0.384. The van der Waals surface area contributed by atoms with Crippen LogP contribution in [0, 0.1) is 10.1 Å². The van der Waals surface area contributed by atoms with Gasteiger partial charge in [0.25, 0.3) is 5.69 Å². The number of nitro benzene ring substituents is 1. The molecule has 0 bridgehead atoms. The van der Waals surface area contributed by atoms with Gasteiger partial charge in [0.1, 0.15) is 11.6 Å². The summed E-state index contributed by atoms with van der Waals surface area (Å²) in [4.78, 5) is 27.8. The van der Waals surface area contributed by atoms with E-state index in [4.69, 9.17) is 5.73 Å². The number of nitrogen functional groups attached to an aromatic ring is 1. The maximum absolute atomic E-state index is 10.9. The number of non-ortho nitro benzene ring substituents is 1. The van der Waals surface area contributed by atoms with E-state index in [0.717, 1.165) is 54.9 Å². The van der Waals surface area contributed by atoms with E-state index in [2.05, 4.69) is 26.0 Å². The predicted octanol–water partition coefficient (Wildman–Crippen LogP) is 6.64. The molecule has 10 nitrogen and oxygen atoms in total. The molecule has 0 atom stereocenters. The molecule has 8 rings (SSSR count). The van der Waals surface area contributed by atoms with E-state index < -0.39 is 4.92 Å². The molecule has 0 fully saturated rings. The number of pyridine rings is 4. The lowest BCUT2D eigenvalue weighted by atomic mass is 10.1. The van der Waals surface area contributed by atoms with Crippen LogP contribution in [-0.4, -0.2) is 34.0 Å². The molecule has 6 heterocycles. The summed E-state index contributed by atoms with van der Waals surface area (Å²) >= 11 is 0. The van der Waals surface area contributed by atoms with Crippen LogP contribution in [0.15, 0.2) is 122 Å². The van der Waals surface area contributed by atoms with Gasteiger partial charge in [-0.25, -0.2) is 9.97 Å². The third-order valence-electron chi connectivity index (χ3n) is 7.12. The van der Waals surface area contributed by atoms with Gasteiger partial charge in [0.15, 0.2) is 0 Å². The van der Waals surface area contributed by atoms with Crippen LogP contribution in [0.4, 0.5) is 11.4 Å². The second-order valence-electron chi connectivity index (χ2n) is 9.72. The van der Waals surface area contributed by atoms with Crippen molar-refractivity contribution < 1.29 is 4.92 Å². The molecule has 0 unspecified atom stereocenters. The summed E-state index contributed by atoms with van der Waals surface area (Å²) in [5.74, 6) is 1.57. The SMILES string of the molecule is Nc1ccc2cnc(-n3ccc4ccncc43)cc2c1.O=[N+]([O-])c1ccc2cnc(-n3ccc4ccncc43)cc2c1. The number of benzene rings is 2. The highest BCUT2D eigenvalue weighted by Crippen LogP contribution is 2.25. The Balaban J connectivity index is 0.000000138. The third kappa shape index (κ3) is 4.52. The minimum absolute atomic E-state index is 0.0729. The molecule has 0 saturated carbocycles. The van der Waals surface area contributed by atoms with Crippen molar-refractivity contribution in [1.82, 2.24) is 29.1 Å². The normalized spacial score (nSPS) is 11.1. The van der Waals surface area contributed by atoms with Crippen molar-refractivity contribution in [2.45, 2.75) is 0 Å². The van der Waals surface area contributed by atoms with Crippen molar-refractivity contribution >= 4 is 54.7 Å². The number of nitro groups is 1. The second kappa shape index (κ2) is 10.1. The van der Waals surface area contributed by atoms with E-state index in [-0.39, 0.29) is 5.69 Å². The van der Waals surface area contributed by atoms with Gasteiger partial charge >= 0.3 is 0 Å². The Morgan fingerprint density at radius 1 is 0.595 bits per heavy atom. The highest BCUT2D eigenvalue weighted by molar-refractivity contribution is 5.88. The van der Waals surface area contributed by atoms with Crippen LogP contribution in [-0.2, 0) is 0 Å². The maximum atomic E-state index is 10.9. The molecule has 0 radical (unpaired) electrons. The zero-order valence-electron chi connectivity index (χ0n) is 22.1. The van der Waals surface area contributed by atoms with E-state index in [1.807, 2.05) is 82.5 Å². The van der Waals surface area contributed by atoms with Crippen LogP contribution >= 0.6 is 0 Å². The number of hydrogen-bond donors (Lipinski definition) is 1. The standard InChI is InChI=1S/C16H10N4O2.C16H12N4/c21-20(22)14-2-1-12-9-18-16(8-13(12)7-14)19-6-4-11-3-5-17-10-15(11)19;17-14-2-1-12-9-19-16(8-13(12)7-14)20-6-4-11-3-5-18-10-15(11)20/h1-10H;1-10H,17H2. The van der Waals surface area contributed by atoms with Crippen LogP contribution in [0.25, 0.3) is 55.0 Å². The van der Waals surface area contributed by atoms with Crippen molar-refractivity contribution in [3.05, 3.63) is 132 Å². The highest BCUT2D eigenvalue weighted by atomic mass is 16.6. The van der Waals surface area contributed by atoms with Gasteiger partial charge in [0.05, 0.1) is 28.4 Å². The fourth-order valence-corrected chi connectivity index (χ4v) is 4.99. The number of anilines is 1. The Hall–Kier alpha value is -6.16. The number of nitrogens with two attached hydrogens (primary N) is 1. The largest absolute Gasteiger partial charge is 0.399 e. The molecule has 0 spiro atoms. The van der Waals surface area contributed by atoms with Gasteiger partial charge in [-0.1, -0.05) is 6.07 Å². The lowest BCUT2D eigenvalue weighted by Crippen LogP contribution is -1.96. The predicted molar refractivity (Wildman–Crippen MR) is 164 cm³/mol. The molecule has 2 N–H and O–H groups in total. The molecular weight excluding hydrogens is 528 g/mol. The van der Waals surface area contributed by atoms with Gasteiger partial charge in [-0.15, -0.1) is 0 Å². The Kier molecular flexibility index (Phi) is 5.98. The third-order valence-corrected chi connectivity index (χ3v) is 7.12. The monoisotopic (exact) mass is 550 g/mol. The zero-order chi connectivity index (χ0) is 28.6. The van der Waals surface area contributed by atoms with Gasteiger partial charge < -0.3 is 5.73 Å². The quantitative estimate of drug-likeness (QED) is 0.148. The van der Waals surface area contributed by atoms with Crippen molar-refractivity contribution in [3.8, 4) is 11.6 Å². The molecule has 0 aliphatic heterocycles. The van der Waals surface area contributed by atoms with Crippen molar-refractivity contribution in [2.75, 3.05) is 5.73 Å². The van der Waals surface area contributed by atoms with Crippen LogP contribution in [0.5, 0.6) is 0 Å². The first-order valence-electron chi connectivity index (χ1n) is 13.1. The molecule has 42 heavy (non-hydrogen) atoms. The molecule has 0 aliphatic carbocycles. The van der Waals surface area contributed by atoms with E-state index in [9.17, 15) is 10.1 Å². The van der Waals surface area contributed by atoms with Crippen LogP contribution < -0.4 is 5.73 Å². The van der Waals surface area contributed by atoms with Gasteiger partial charge in [-0.2, -0.15) is 0 Å². The molecule has 2 aromatic carbocycles. The Morgan fingerprint density at radius 2 is 1.14 bits per heavy atom. The number of aromatic nitrogens is 6.